The zero-order chi connectivity index (χ0) is 31.4. The minimum Gasteiger partial charge on any atom is -0.481 e. The van der Waals surface area contributed by atoms with Gasteiger partial charge in [-0.05, 0) is 32.4 Å². The molecule has 0 spiro atoms. The number of aliphatic carboxylic acids is 2. The van der Waals surface area contributed by atoms with E-state index in [1.54, 1.807) is 36.9 Å². The highest BCUT2D eigenvalue weighted by Crippen LogP contribution is 2.31. The molecule has 18 heteroatoms. The molecule has 0 fully saturated rings. The van der Waals surface area contributed by atoms with Gasteiger partial charge < -0.3 is 20.2 Å². The fourth-order valence-corrected chi connectivity index (χ4v) is 2.41. The molecule has 2 heterocycles. The van der Waals surface area contributed by atoms with Crippen LogP contribution in [-0.4, -0.2) is 81.7 Å². The van der Waals surface area contributed by atoms with Crippen molar-refractivity contribution < 1.29 is 54.1 Å². The number of imidazole rings is 2. The number of aromatic nitrogens is 4. The van der Waals surface area contributed by atoms with E-state index >= 15 is 0 Å². The molecule has 0 aliphatic heterocycles. The van der Waals surface area contributed by atoms with Crippen molar-refractivity contribution in [2.24, 2.45) is 5.41 Å². The molecule has 1 unspecified atom stereocenters. The third-order valence-corrected chi connectivity index (χ3v) is 4.94. The maximum Gasteiger partial charge on any atom is 0.397 e. The molecule has 0 aromatic carbocycles. The van der Waals surface area contributed by atoms with Gasteiger partial charge in [-0.3, -0.25) is 18.1 Å². The number of rotatable bonds is 7. The Morgan fingerprint density at radius 2 is 1.48 bits per heavy atom. The van der Waals surface area contributed by atoms with E-state index in [9.17, 15) is 26.4 Å². The number of carboxylic acid groups (broad SMARTS) is 2. The average Bonchev–Trinajstić information content (AvgIpc) is 3.59. The lowest BCUT2D eigenvalue weighted by atomic mass is 9.80. The molecule has 0 bridgehead atoms. The number of carbonyl (C=O) groups is 2. The SMILES string of the molecule is C=Cc1ncc[nH]1.C=Cc1ncc[nH]1.CC1(C(=O)O)C=CC=C(C(=O)O)C1.CCOS(=O)(=O)O.COS(=O)(=O)O. The Morgan fingerprint density at radius 1 is 1.02 bits per heavy atom. The number of carboxylic acids is 2. The zero-order valence-electron chi connectivity index (χ0n) is 21.8. The van der Waals surface area contributed by atoms with Crippen LogP contribution in [0.15, 0.2) is 61.7 Å². The van der Waals surface area contributed by atoms with E-state index in [0.717, 1.165) is 18.8 Å². The smallest absolute Gasteiger partial charge is 0.397 e. The number of nitrogens with one attached hydrogen (secondary N) is 2. The van der Waals surface area contributed by atoms with Crippen LogP contribution in [0, 0.1) is 5.41 Å². The Bertz CT molecular complexity index is 1280. The van der Waals surface area contributed by atoms with E-state index in [2.05, 4.69) is 41.5 Å². The molecule has 6 N–H and O–H groups in total. The third kappa shape index (κ3) is 20.1. The van der Waals surface area contributed by atoms with Crippen LogP contribution >= 0.6 is 0 Å². The van der Waals surface area contributed by atoms with Crippen LogP contribution in [0.2, 0.25) is 0 Å². The summed E-state index contributed by atoms with van der Waals surface area (Å²) in [6, 6.07) is 0. The summed E-state index contributed by atoms with van der Waals surface area (Å²) in [5.74, 6) is -0.424. The molecule has 2 aromatic heterocycles. The number of allylic oxidation sites excluding steroid dienone is 2. The fraction of sp³-hybridized carbons (Fsp3) is 0.273. The summed E-state index contributed by atoms with van der Waals surface area (Å²) in [6.45, 7) is 9.96. The molecule has 3 rings (SSSR count). The van der Waals surface area contributed by atoms with Gasteiger partial charge in [-0.15, -0.1) is 0 Å². The Labute approximate surface area is 231 Å². The summed E-state index contributed by atoms with van der Waals surface area (Å²) in [6.07, 6.45) is 14.7. The number of hydrogen-bond donors (Lipinski definition) is 6. The Morgan fingerprint density at radius 3 is 1.68 bits per heavy atom. The summed E-state index contributed by atoms with van der Waals surface area (Å²) in [7, 11) is -7.47. The second kappa shape index (κ2) is 19.2. The fourth-order valence-electron chi connectivity index (χ4n) is 2.11. The van der Waals surface area contributed by atoms with Crippen molar-refractivity contribution in [3.8, 4) is 0 Å². The van der Waals surface area contributed by atoms with Crippen LogP contribution in [0.1, 0.15) is 31.9 Å². The molecule has 2 aromatic rings. The van der Waals surface area contributed by atoms with Gasteiger partial charge in [0, 0.05) is 30.4 Å². The van der Waals surface area contributed by atoms with Crippen molar-refractivity contribution in [3.63, 3.8) is 0 Å². The van der Waals surface area contributed by atoms with E-state index in [4.69, 9.17) is 19.3 Å². The summed E-state index contributed by atoms with van der Waals surface area (Å²) in [5.41, 5.74) is -0.949. The van der Waals surface area contributed by atoms with Gasteiger partial charge in [0.1, 0.15) is 11.6 Å². The predicted molar refractivity (Wildman–Crippen MR) is 144 cm³/mol. The van der Waals surface area contributed by atoms with Crippen molar-refractivity contribution in [2.75, 3.05) is 13.7 Å². The van der Waals surface area contributed by atoms with Crippen LogP contribution in [0.5, 0.6) is 0 Å². The van der Waals surface area contributed by atoms with Gasteiger partial charge in [0.2, 0.25) is 0 Å². The van der Waals surface area contributed by atoms with Gasteiger partial charge >= 0.3 is 32.7 Å². The Kier molecular flexibility index (Phi) is 18.3. The summed E-state index contributed by atoms with van der Waals surface area (Å²) in [4.78, 5) is 34.8. The lowest BCUT2D eigenvalue weighted by Gasteiger charge is -2.23. The highest BCUT2D eigenvalue weighted by Gasteiger charge is 2.34. The molecule has 16 nitrogen and oxygen atoms in total. The zero-order valence-corrected chi connectivity index (χ0v) is 23.4. The standard InChI is InChI=1S/C9H10O4.2C5H6N2.C2H6O4S.CH4O4S/c1-9(8(12)13)4-2-3-6(5-9)7(10)11;2*1-2-5-6-3-4-7-5;1-2-6-7(3,4)5;1-5-6(2,3)4/h2-4H,5H2,1H3,(H,10,11)(H,12,13);2*2-4H,1H2,(H,6,7);2H2,1H3,(H,3,4,5);1H3,(H,2,3,4). The summed E-state index contributed by atoms with van der Waals surface area (Å²) < 4.78 is 60.4. The van der Waals surface area contributed by atoms with Crippen molar-refractivity contribution in [1.82, 2.24) is 19.9 Å². The third-order valence-electron chi connectivity index (χ3n) is 3.99. The van der Waals surface area contributed by atoms with Crippen LogP contribution in [0.3, 0.4) is 0 Å². The van der Waals surface area contributed by atoms with E-state index in [0.29, 0.717) is 0 Å². The quantitative estimate of drug-likeness (QED) is 0.247. The molecule has 1 aliphatic carbocycles. The van der Waals surface area contributed by atoms with Gasteiger partial charge in [0.15, 0.2) is 0 Å². The minimum absolute atomic E-state index is 0.0289. The second-order valence-corrected chi connectivity index (χ2v) is 9.32. The number of aromatic amines is 2. The first-order valence-electron chi connectivity index (χ1n) is 10.7. The van der Waals surface area contributed by atoms with Crippen molar-refractivity contribution in [1.29, 1.82) is 0 Å². The molecule has 40 heavy (non-hydrogen) atoms. The normalized spacial score (nSPS) is 15.5. The van der Waals surface area contributed by atoms with Gasteiger partial charge in [-0.1, -0.05) is 31.4 Å². The number of hydrogen-bond acceptors (Lipinski definition) is 10. The number of nitrogens with zero attached hydrogens (tertiary/aromatic N) is 2. The molecular formula is C22H32N4O12S2. The molecule has 224 valence electrons. The first-order valence-corrected chi connectivity index (χ1v) is 13.4. The van der Waals surface area contributed by atoms with Crippen LogP contribution in [0.4, 0.5) is 0 Å². The Hall–Kier alpha value is -3.94. The van der Waals surface area contributed by atoms with E-state index in [1.165, 1.54) is 32.1 Å². The van der Waals surface area contributed by atoms with Crippen LogP contribution in [0.25, 0.3) is 12.2 Å². The molecule has 0 saturated carbocycles. The van der Waals surface area contributed by atoms with Crippen LogP contribution < -0.4 is 0 Å². The topological polar surface area (TPSA) is 259 Å². The Balaban J connectivity index is 0. The first kappa shape index (κ1) is 38.2. The molecule has 1 atom stereocenters. The molecule has 0 saturated heterocycles. The van der Waals surface area contributed by atoms with Crippen molar-refractivity contribution in [3.05, 3.63) is 73.4 Å². The summed E-state index contributed by atoms with van der Waals surface area (Å²) in [5, 5.41) is 17.5. The highest BCUT2D eigenvalue weighted by atomic mass is 32.3. The largest absolute Gasteiger partial charge is 0.481 e. The molecule has 1 aliphatic rings. The molecule has 0 amide bonds. The lowest BCUT2D eigenvalue weighted by Crippen LogP contribution is -2.28. The summed E-state index contributed by atoms with van der Waals surface area (Å²) >= 11 is 0. The minimum atomic E-state index is -4.17. The van der Waals surface area contributed by atoms with Gasteiger partial charge in [0.25, 0.3) is 0 Å². The molecule has 0 radical (unpaired) electrons. The van der Waals surface area contributed by atoms with E-state index in [1.807, 2.05) is 0 Å². The highest BCUT2D eigenvalue weighted by molar-refractivity contribution is 7.81. The maximum absolute atomic E-state index is 10.8. The van der Waals surface area contributed by atoms with Gasteiger partial charge in [-0.2, -0.15) is 16.8 Å². The van der Waals surface area contributed by atoms with Crippen molar-refractivity contribution >= 4 is 44.9 Å². The second-order valence-electron chi connectivity index (χ2n) is 7.04. The van der Waals surface area contributed by atoms with Crippen LogP contribution in [-0.2, 0) is 38.8 Å². The molecular weight excluding hydrogens is 576 g/mol. The monoisotopic (exact) mass is 608 g/mol. The predicted octanol–water partition coefficient (Wildman–Crippen LogP) is 2.41. The first-order chi connectivity index (χ1) is 18.4. The van der Waals surface area contributed by atoms with E-state index in [-0.39, 0.29) is 18.6 Å². The van der Waals surface area contributed by atoms with E-state index < -0.39 is 38.2 Å². The van der Waals surface area contributed by atoms with Crippen molar-refractivity contribution in [2.45, 2.75) is 20.3 Å². The van der Waals surface area contributed by atoms with Gasteiger partial charge in [-0.25, -0.2) is 18.9 Å². The maximum atomic E-state index is 10.8. The lowest BCUT2D eigenvalue weighted by molar-refractivity contribution is -0.145. The van der Waals surface area contributed by atoms with Gasteiger partial charge in [0.05, 0.1) is 19.1 Å². The number of H-pyrrole nitrogens is 2. The average molecular weight is 609 g/mol.